The third-order valence-electron chi connectivity index (χ3n) is 3.29. The highest BCUT2D eigenvalue weighted by Gasteiger charge is 2.25. The Bertz CT molecular complexity index is 510. The maximum Gasteiger partial charge on any atom is 0.233 e. The van der Waals surface area contributed by atoms with Crippen LogP contribution in [0.25, 0.3) is 0 Å². The zero-order valence-corrected chi connectivity index (χ0v) is 13.2. The zero-order valence-electron chi connectivity index (χ0n) is 11.6. The highest BCUT2D eigenvalue weighted by molar-refractivity contribution is 8.13. The van der Waals surface area contributed by atoms with Gasteiger partial charge in [0.25, 0.3) is 0 Å². The molecule has 0 N–H and O–H groups in total. The fourth-order valence-corrected chi connectivity index (χ4v) is 3.99. The van der Waals surface area contributed by atoms with Crippen molar-refractivity contribution in [2.24, 2.45) is 5.92 Å². The van der Waals surface area contributed by atoms with Crippen LogP contribution in [-0.2, 0) is 9.05 Å². The van der Waals surface area contributed by atoms with Gasteiger partial charge < -0.3 is 0 Å². The molecule has 0 amide bonds. The van der Waals surface area contributed by atoms with Gasteiger partial charge in [-0.2, -0.15) is 0 Å². The van der Waals surface area contributed by atoms with Gasteiger partial charge in [-0.15, -0.1) is 0 Å². The average Bonchev–Trinajstić information content (AvgIpc) is 2.12. The van der Waals surface area contributed by atoms with Crippen LogP contribution in [0.2, 0.25) is 0 Å². The molecule has 1 rings (SSSR count). The van der Waals surface area contributed by atoms with Crippen LogP contribution in [0.1, 0.15) is 42.0 Å². The first-order chi connectivity index (χ1) is 8.11. The molecule has 0 heterocycles. The van der Waals surface area contributed by atoms with Gasteiger partial charge in [0.05, 0.1) is 5.75 Å². The third kappa shape index (κ3) is 3.99. The fraction of sp³-hybridized carbons (Fsp3) is 0.571. The number of benzene rings is 1. The number of aryl methyl sites for hydroxylation is 3. The number of hydrogen-bond donors (Lipinski definition) is 0. The summed E-state index contributed by atoms with van der Waals surface area (Å²) < 4.78 is 22.7. The van der Waals surface area contributed by atoms with Crippen molar-refractivity contribution in [2.75, 3.05) is 5.75 Å². The molecule has 0 saturated carbocycles. The van der Waals surface area contributed by atoms with Crippen molar-refractivity contribution in [3.63, 3.8) is 0 Å². The summed E-state index contributed by atoms with van der Waals surface area (Å²) in [5.74, 6) is 0.184. The molecule has 1 unspecified atom stereocenters. The highest BCUT2D eigenvalue weighted by Crippen LogP contribution is 2.32. The minimum absolute atomic E-state index is 0.00301. The molecule has 0 spiro atoms. The molecular weight excluding hydrogens is 268 g/mol. The number of rotatable bonds is 4. The zero-order chi connectivity index (χ0) is 14.1. The minimum atomic E-state index is -3.49. The van der Waals surface area contributed by atoms with E-state index < -0.39 is 9.05 Å². The maximum atomic E-state index is 11.4. The van der Waals surface area contributed by atoms with Crippen molar-refractivity contribution < 1.29 is 8.42 Å². The van der Waals surface area contributed by atoms with Gasteiger partial charge in [-0.1, -0.05) is 31.5 Å². The van der Waals surface area contributed by atoms with Gasteiger partial charge >= 0.3 is 0 Å². The molecule has 102 valence electrons. The molecule has 1 aromatic rings. The molecule has 0 saturated heterocycles. The van der Waals surface area contributed by atoms with E-state index in [1.165, 1.54) is 5.56 Å². The Morgan fingerprint density at radius 3 is 1.89 bits per heavy atom. The van der Waals surface area contributed by atoms with Crippen LogP contribution < -0.4 is 0 Å². The van der Waals surface area contributed by atoms with Crippen LogP contribution in [0.3, 0.4) is 0 Å². The molecule has 0 aliphatic rings. The largest absolute Gasteiger partial charge is 0.233 e. The van der Waals surface area contributed by atoms with E-state index in [1.54, 1.807) is 0 Å². The van der Waals surface area contributed by atoms with Gasteiger partial charge in [-0.25, -0.2) is 8.42 Å². The van der Waals surface area contributed by atoms with Crippen LogP contribution in [-0.4, -0.2) is 14.2 Å². The summed E-state index contributed by atoms with van der Waals surface area (Å²) in [7, 11) is 1.94. The predicted molar refractivity (Wildman–Crippen MR) is 77.9 cm³/mol. The minimum Gasteiger partial charge on any atom is -0.212 e. The average molecular weight is 289 g/mol. The second-order valence-electron chi connectivity index (χ2n) is 5.37. The summed E-state index contributed by atoms with van der Waals surface area (Å²) in [6, 6.07) is 4.19. The summed E-state index contributed by atoms with van der Waals surface area (Å²) in [4.78, 5) is 0. The molecule has 0 aromatic heterocycles. The molecule has 1 aromatic carbocycles. The molecule has 4 heteroatoms. The molecule has 1 atom stereocenters. The first kappa shape index (κ1) is 15.5. The smallest absolute Gasteiger partial charge is 0.212 e. The Morgan fingerprint density at radius 2 is 1.56 bits per heavy atom. The van der Waals surface area contributed by atoms with Crippen molar-refractivity contribution in [1.82, 2.24) is 0 Å². The van der Waals surface area contributed by atoms with Crippen LogP contribution >= 0.6 is 10.7 Å². The van der Waals surface area contributed by atoms with Crippen molar-refractivity contribution in [2.45, 2.75) is 40.5 Å². The summed E-state index contributed by atoms with van der Waals surface area (Å²) in [6.45, 7) is 10.2. The SMILES string of the molecule is Cc1cc(C)c(C(CS(=O)(=O)Cl)C(C)C)c(C)c1. The Hall–Kier alpha value is -0.540. The van der Waals surface area contributed by atoms with E-state index in [0.717, 1.165) is 16.7 Å². The lowest BCUT2D eigenvalue weighted by molar-refractivity contribution is 0.522. The predicted octanol–water partition coefficient (Wildman–Crippen LogP) is 3.92. The van der Waals surface area contributed by atoms with E-state index in [1.807, 2.05) is 34.6 Å². The lowest BCUT2D eigenvalue weighted by Crippen LogP contribution is -2.18. The summed E-state index contributed by atoms with van der Waals surface area (Å²) >= 11 is 0. The fourth-order valence-electron chi connectivity index (χ4n) is 2.60. The normalized spacial score (nSPS) is 13.9. The van der Waals surface area contributed by atoms with E-state index in [-0.39, 0.29) is 17.6 Å². The van der Waals surface area contributed by atoms with Crippen LogP contribution in [0, 0.1) is 26.7 Å². The van der Waals surface area contributed by atoms with Gasteiger partial charge in [-0.3, -0.25) is 0 Å². The molecule has 18 heavy (non-hydrogen) atoms. The quantitative estimate of drug-likeness (QED) is 0.787. The van der Waals surface area contributed by atoms with Gasteiger partial charge in [-0.05, 0) is 43.4 Å². The first-order valence-corrected chi connectivity index (χ1v) is 8.59. The van der Waals surface area contributed by atoms with E-state index in [4.69, 9.17) is 10.7 Å². The monoisotopic (exact) mass is 288 g/mol. The van der Waals surface area contributed by atoms with E-state index in [0.29, 0.717) is 0 Å². The Labute approximate surface area is 115 Å². The summed E-state index contributed by atoms with van der Waals surface area (Å²) in [6.07, 6.45) is 0. The van der Waals surface area contributed by atoms with E-state index >= 15 is 0 Å². The second kappa shape index (κ2) is 5.62. The van der Waals surface area contributed by atoms with E-state index in [2.05, 4.69) is 12.1 Å². The molecule has 0 aliphatic heterocycles. The Kier molecular flexibility index (Phi) is 4.84. The van der Waals surface area contributed by atoms with Gasteiger partial charge in [0.1, 0.15) is 0 Å². The van der Waals surface area contributed by atoms with Crippen molar-refractivity contribution in [3.05, 3.63) is 34.4 Å². The third-order valence-corrected chi connectivity index (χ3v) is 4.43. The number of hydrogen-bond acceptors (Lipinski definition) is 2. The summed E-state index contributed by atoms with van der Waals surface area (Å²) in [5.41, 5.74) is 4.61. The first-order valence-electron chi connectivity index (χ1n) is 6.12. The number of halogens is 1. The van der Waals surface area contributed by atoms with Crippen LogP contribution in [0.4, 0.5) is 0 Å². The molecule has 0 radical (unpaired) electrons. The summed E-state index contributed by atoms with van der Waals surface area (Å²) in [5, 5.41) is 0. The van der Waals surface area contributed by atoms with E-state index in [9.17, 15) is 8.42 Å². The van der Waals surface area contributed by atoms with Crippen molar-refractivity contribution >= 4 is 19.7 Å². The standard InChI is InChI=1S/C14H21ClO2S/c1-9(2)13(8-18(15,16)17)14-11(4)6-10(3)7-12(14)5/h6-7,9,13H,8H2,1-5H3. The van der Waals surface area contributed by atoms with Crippen molar-refractivity contribution in [1.29, 1.82) is 0 Å². The molecule has 0 aliphatic carbocycles. The van der Waals surface area contributed by atoms with Gasteiger partial charge in [0.2, 0.25) is 9.05 Å². The second-order valence-corrected chi connectivity index (χ2v) is 8.19. The molecule has 2 nitrogen and oxygen atoms in total. The lowest BCUT2D eigenvalue weighted by atomic mass is 9.84. The lowest BCUT2D eigenvalue weighted by Gasteiger charge is -2.24. The Morgan fingerprint density at radius 1 is 1.11 bits per heavy atom. The van der Waals surface area contributed by atoms with Crippen molar-refractivity contribution in [3.8, 4) is 0 Å². The molecular formula is C14H21ClO2S. The van der Waals surface area contributed by atoms with Crippen LogP contribution in [0.15, 0.2) is 12.1 Å². The Balaban J connectivity index is 3.31. The topological polar surface area (TPSA) is 34.1 Å². The maximum absolute atomic E-state index is 11.4. The highest BCUT2D eigenvalue weighted by atomic mass is 35.7. The molecule has 0 fully saturated rings. The van der Waals surface area contributed by atoms with Gasteiger partial charge in [0, 0.05) is 16.6 Å². The van der Waals surface area contributed by atoms with Crippen LogP contribution in [0.5, 0.6) is 0 Å². The van der Waals surface area contributed by atoms with Gasteiger partial charge in [0.15, 0.2) is 0 Å². The molecule has 0 bridgehead atoms.